The molecule has 1 atom stereocenters. The number of aryl methyl sites for hydroxylation is 1. The highest BCUT2D eigenvalue weighted by Crippen LogP contribution is 2.11. The molecule has 0 saturated carbocycles. The van der Waals surface area contributed by atoms with Gasteiger partial charge in [-0.2, -0.15) is 0 Å². The summed E-state index contributed by atoms with van der Waals surface area (Å²) in [5, 5.41) is 3.35. The molecule has 1 heterocycles. The molecular weight excluding hydrogens is 176 g/mol. The number of hydrogen-bond donors (Lipinski definition) is 2. The molecule has 0 fully saturated rings. The summed E-state index contributed by atoms with van der Waals surface area (Å²) in [6.07, 6.45) is 4.89. The molecule has 4 heteroatoms. The Bertz CT molecular complexity index is 256. The molecular formula is C10H20N4. The van der Waals surface area contributed by atoms with Gasteiger partial charge in [0, 0.05) is 19.3 Å². The van der Waals surface area contributed by atoms with Crippen molar-refractivity contribution in [3.05, 3.63) is 18.2 Å². The van der Waals surface area contributed by atoms with E-state index < -0.39 is 0 Å². The van der Waals surface area contributed by atoms with Crippen LogP contribution in [0.4, 0.5) is 0 Å². The molecule has 0 aliphatic rings. The van der Waals surface area contributed by atoms with Crippen molar-refractivity contribution in [2.45, 2.75) is 32.9 Å². The van der Waals surface area contributed by atoms with Crippen LogP contribution in [0, 0.1) is 0 Å². The molecule has 14 heavy (non-hydrogen) atoms. The SMILES string of the molecule is CCCn1cncc1C(CN)NCC. The zero-order valence-electron chi connectivity index (χ0n) is 9.03. The van der Waals surface area contributed by atoms with Crippen molar-refractivity contribution in [1.29, 1.82) is 0 Å². The van der Waals surface area contributed by atoms with Crippen LogP contribution in [0.25, 0.3) is 0 Å². The van der Waals surface area contributed by atoms with Crippen molar-refractivity contribution < 1.29 is 0 Å². The van der Waals surface area contributed by atoms with Gasteiger partial charge < -0.3 is 15.6 Å². The number of nitrogens with one attached hydrogen (secondary N) is 1. The van der Waals surface area contributed by atoms with Gasteiger partial charge in [0.1, 0.15) is 0 Å². The molecule has 0 aromatic carbocycles. The quantitative estimate of drug-likeness (QED) is 0.711. The lowest BCUT2D eigenvalue weighted by atomic mass is 10.2. The van der Waals surface area contributed by atoms with Gasteiger partial charge in [0.15, 0.2) is 0 Å². The van der Waals surface area contributed by atoms with E-state index in [-0.39, 0.29) is 6.04 Å². The van der Waals surface area contributed by atoms with Gasteiger partial charge in [0.2, 0.25) is 0 Å². The third kappa shape index (κ3) is 2.56. The molecule has 1 rings (SSSR count). The summed E-state index contributed by atoms with van der Waals surface area (Å²) in [6.45, 7) is 6.80. The van der Waals surface area contributed by atoms with Crippen LogP contribution < -0.4 is 11.1 Å². The largest absolute Gasteiger partial charge is 0.333 e. The number of nitrogens with two attached hydrogens (primary N) is 1. The highest BCUT2D eigenvalue weighted by Gasteiger charge is 2.12. The maximum Gasteiger partial charge on any atom is 0.0948 e. The summed E-state index contributed by atoms with van der Waals surface area (Å²) < 4.78 is 2.17. The highest BCUT2D eigenvalue weighted by atomic mass is 15.1. The molecule has 0 radical (unpaired) electrons. The fraction of sp³-hybridized carbons (Fsp3) is 0.700. The van der Waals surface area contributed by atoms with E-state index in [9.17, 15) is 0 Å². The molecule has 1 unspecified atom stereocenters. The Balaban J connectivity index is 2.74. The second-order valence-electron chi connectivity index (χ2n) is 3.36. The zero-order valence-corrected chi connectivity index (χ0v) is 9.03. The van der Waals surface area contributed by atoms with Crippen molar-refractivity contribution in [2.24, 2.45) is 5.73 Å². The maximum absolute atomic E-state index is 5.71. The number of nitrogens with zero attached hydrogens (tertiary/aromatic N) is 2. The highest BCUT2D eigenvalue weighted by molar-refractivity contribution is 5.05. The van der Waals surface area contributed by atoms with Crippen LogP contribution in [0.1, 0.15) is 32.0 Å². The first-order valence-electron chi connectivity index (χ1n) is 5.26. The van der Waals surface area contributed by atoms with E-state index in [4.69, 9.17) is 5.73 Å². The molecule has 0 bridgehead atoms. The normalized spacial score (nSPS) is 13.1. The first-order chi connectivity index (χ1) is 6.83. The Hall–Kier alpha value is -0.870. The van der Waals surface area contributed by atoms with E-state index in [1.54, 1.807) is 0 Å². The van der Waals surface area contributed by atoms with Gasteiger partial charge >= 0.3 is 0 Å². The van der Waals surface area contributed by atoms with Gasteiger partial charge in [-0.3, -0.25) is 0 Å². The second kappa shape index (κ2) is 5.78. The molecule has 4 nitrogen and oxygen atoms in total. The van der Waals surface area contributed by atoms with Gasteiger partial charge in [0.25, 0.3) is 0 Å². The van der Waals surface area contributed by atoms with Gasteiger partial charge in [-0.1, -0.05) is 13.8 Å². The maximum atomic E-state index is 5.71. The standard InChI is InChI=1S/C10H20N4/c1-3-5-14-8-12-7-10(14)9(6-11)13-4-2/h7-9,13H,3-6,11H2,1-2H3. The van der Waals surface area contributed by atoms with Crippen LogP contribution in [0.5, 0.6) is 0 Å². The van der Waals surface area contributed by atoms with Crippen molar-refractivity contribution in [1.82, 2.24) is 14.9 Å². The van der Waals surface area contributed by atoms with E-state index in [2.05, 4.69) is 28.7 Å². The van der Waals surface area contributed by atoms with Crippen LogP contribution in [0.2, 0.25) is 0 Å². The molecule has 0 spiro atoms. The fourth-order valence-corrected chi connectivity index (χ4v) is 1.60. The predicted octanol–water partition coefficient (Wildman–Crippen LogP) is 0.902. The van der Waals surface area contributed by atoms with Crippen molar-refractivity contribution in [3.8, 4) is 0 Å². The third-order valence-corrected chi connectivity index (χ3v) is 2.25. The first kappa shape index (κ1) is 11.2. The molecule has 3 N–H and O–H groups in total. The summed E-state index contributed by atoms with van der Waals surface area (Å²) >= 11 is 0. The summed E-state index contributed by atoms with van der Waals surface area (Å²) in [6, 6.07) is 0.231. The van der Waals surface area contributed by atoms with E-state index in [1.165, 1.54) is 5.69 Å². The summed E-state index contributed by atoms with van der Waals surface area (Å²) in [5.74, 6) is 0. The summed E-state index contributed by atoms with van der Waals surface area (Å²) in [5.41, 5.74) is 6.90. The van der Waals surface area contributed by atoms with E-state index in [1.807, 2.05) is 12.5 Å². The van der Waals surface area contributed by atoms with Crippen LogP contribution in [-0.4, -0.2) is 22.6 Å². The van der Waals surface area contributed by atoms with Crippen LogP contribution in [-0.2, 0) is 6.54 Å². The van der Waals surface area contributed by atoms with Crippen LogP contribution in [0.3, 0.4) is 0 Å². The van der Waals surface area contributed by atoms with E-state index in [0.29, 0.717) is 6.54 Å². The minimum atomic E-state index is 0.231. The molecule has 1 aromatic rings. The summed E-state index contributed by atoms with van der Waals surface area (Å²) in [4.78, 5) is 4.16. The minimum absolute atomic E-state index is 0.231. The predicted molar refractivity (Wildman–Crippen MR) is 58.0 cm³/mol. The molecule has 1 aromatic heterocycles. The van der Waals surface area contributed by atoms with Crippen molar-refractivity contribution in [2.75, 3.05) is 13.1 Å². The van der Waals surface area contributed by atoms with Crippen LogP contribution >= 0.6 is 0 Å². The Kier molecular flexibility index (Phi) is 4.62. The Morgan fingerprint density at radius 2 is 2.36 bits per heavy atom. The smallest absolute Gasteiger partial charge is 0.0948 e. The lowest BCUT2D eigenvalue weighted by Gasteiger charge is -2.17. The number of imidazole rings is 1. The number of hydrogen-bond acceptors (Lipinski definition) is 3. The average molecular weight is 196 g/mol. The van der Waals surface area contributed by atoms with Gasteiger partial charge in [-0.15, -0.1) is 0 Å². The zero-order chi connectivity index (χ0) is 10.4. The van der Waals surface area contributed by atoms with Crippen molar-refractivity contribution in [3.63, 3.8) is 0 Å². The minimum Gasteiger partial charge on any atom is -0.333 e. The lowest BCUT2D eigenvalue weighted by Crippen LogP contribution is -2.29. The average Bonchev–Trinajstić information content (AvgIpc) is 2.63. The monoisotopic (exact) mass is 196 g/mol. The molecule has 0 amide bonds. The fourth-order valence-electron chi connectivity index (χ4n) is 1.60. The molecule has 0 aliphatic carbocycles. The second-order valence-corrected chi connectivity index (χ2v) is 3.36. The number of aromatic nitrogens is 2. The third-order valence-electron chi connectivity index (χ3n) is 2.25. The Morgan fingerprint density at radius 1 is 1.57 bits per heavy atom. The Labute approximate surface area is 85.5 Å². The first-order valence-corrected chi connectivity index (χ1v) is 5.26. The van der Waals surface area contributed by atoms with E-state index >= 15 is 0 Å². The van der Waals surface area contributed by atoms with Gasteiger partial charge in [-0.05, 0) is 13.0 Å². The topological polar surface area (TPSA) is 55.9 Å². The molecule has 0 saturated heterocycles. The number of rotatable bonds is 6. The van der Waals surface area contributed by atoms with Crippen LogP contribution in [0.15, 0.2) is 12.5 Å². The van der Waals surface area contributed by atoms with E-state index in [0.717, 1.165) is 19.5 Å². The Morgan fingerprint density at radius 3 is 2.93 bits per heavy atom. The lowest BCUT2D eigenvalue weighted by molar-refractivity contribution is 0.511. The number of likely N-dealkylation sites (N-methyl/N-ethyl adjacent to an activating group) is 1. The molecule has 0 aliphatic heterocycles. The van der Waals surface area contributed by atoms with Crippen molar-refractivity contribution >= 4 is 0 Å². The van der Waals surface area contributed by atoms with Gasteiger partial charge in [-0.25, -0.2) is 4.98 Å². The van der Waals surface area contributed by atoms with Gasteiger partial charge in [0.05, 0.1) is 18.1 Å². The summed E-state index contributed by atoms with van der Waals surface area (Å²) in [7, 11) is 0. The molecule has 80 valence electrons.